The van der Waals surface area contributed by atoms with Crippen molar-refractivity contribution in [2.45, 2.75) is 0 Å². The molecule has 0 fully saturated rings. The number of hydrogen-bond donors (Lipinski definition) is 3. The minimum Gasteiger partial charge on any atom is -0.322 e. The van der Waals surface area contributed by atoms with Gasteiger partial charge in [0.05, 0.1) is 11.3 Å². The number of carbonyl (C=O) groups is 1. The fraction of sp³-hybridized carbons (Fsp3) is 0. The van der Waals surface area contributed by atoms with E-state index in [1.807, 2.05) is 0 Å². The second kappa shape index (κ2) is 5.62. The minimum absolute atomic E-state index is 0.0427. The third-order valence-electron chi connectivity index (χ3n) is 2.58. The van der Waals surface area contributed by atoms with E-state index >= 15 is 0 Å². The van der Waals surface area contributed by atoms with E-state index in [1.165, 1.54) is 18.2 Å². The van der Waals surface area contributed by atoms with Crippen LogP contribution in [0.25, 0.3) is 0 Å². The van der Waals surface area contributed by atoms with Crippen LogP contribution in [0.2, 0.25) is 0 Å². The Bertz CT molecular complexity index is 661. The highest BCUT2D eigenvalue weighted by molar-refractivity contribution is 6.08. The second-order valence-electron chi connectivity index (χ2n) is 3.89. The van der Waals surface area contributed by atoms with E-state index in [1.54, 1.807) is 0 Å². The normalized spacial score (nSPS) is 10.2. The molecule has 0 heterocycles. The number of halogens is 3. The van der Waals surface area contributed by atoms with Gasteiger partial charge in [-0.25, -0.2) is 13.2 Å². The molecule has 0 atom stereocenters. The zero-order valence-corrected chi connectivity index (χ0v) is 10.1. The van der Waals surface area contributed by atoms with Crippen molar-refractivity contribution in [3.63, 3.8) is 0 Å². The van der Waals surface area contributed by atoms with Gasteiger partial charge in [0, 0.05) is 11.8 Å². The van der Waals surface area contributed by atoms with Gasteiger partial charge >= 0.3 is 0 Å². The number of rotatable bonds is 3. The van der Waals surface area contributed by atoms with Crippen molar-refractivity contribution in [3.05, 3.63) is 59.4 Å². The Hall–Kier alpha value is -2.54. The fourth-order valence-corrected chi connectivity index (χ4v) is 1.63. The molecule has 1 amide bonds. The Kier molecular flexibility index (Phi) is 3.90. The van der Waals surface area contributed by atoms with Crippen LogP contribution in [-0.2, 0) is 0 Å². The highest BCUT2D eigenvalue weighted by atomic mass is 19.2. The van der Waals surface area contributed by atoms with Crippen LogP contribution in [0.4, 0.5) is 24.5 Å². The van der Waals surface area contributed by atoms with Gasteiger partial charge in [0.2, 0.25) is 0 Å². The third kappa shape index (κ3) is 2.72. The van der Waals surface area contributed by atoms with Crippen LogP contribution in [0.5, 0.6) is 0 Å². The summed E-state index contributed by atoms with van der Waals surface area (Å²) in [6.45, 7) is 0. The van der Waals surface area contributed by atoms with Crippen LogP contribution in [0.3, 0.4) is 0 Å². The van der Waals surface area contributed by atoms with Gasteiger partial charge in [-0.2, -0.15) is 0 Å². The summed E-state index contributed by atoms with van der Waals surface area (Å²) in [4.78, 5) is 12.0. The second-order valence-corrected chi connectivity index (χ2v) is 3.89. The zero-order valence-electron chi connectivity index (χ0n) is 10.1. The number of nitrogen functional groups attached to an aromatic ring is 1. The lowest BCUT2D eigenvalue weighted by Gasteiger charge is -2.10. The summed E-state index contributed by atoms with van der Waals surface area (Å²) in [5.74, 6) is 1.61. The molecule has 7 heteroatoms. The van der Waals surface area contributed by atoms with Gasteiger partial charge < -0.3 is 10.7 Å². The van der Waals surface area contributed by atoms with Crippen LogP contribution in [0.1, 0.15) is 10.4 Å². The van der Waals surface area contributed by atoms with Crippen molar-refractivity contribution in [1.82, 2.24) is 0 Å². The summed E-state index contributed by atoms with van der Waals surface area (Å²) >= 11 is 0. The van der Waals surface area contributed by atoms with Crippen LogP contribution in [-0.4, -0.2) is 5.91 Å². The lowest BCUT2D eigenvalue weighted by atomic mass is 10.1. The van der Waals surface area contributed by atoms with Gasteiger partial charge in [0.15, 0.2) is 11.6 Å². The Labute approximate surface area is 112 Å². The molecule has 4 N–H and O–H groups in total. The minimum atomic E-state index is -1.10. The molecule has 0 bridgehead atoms. The summed E-state index contributed by atoms with van der Waals surface area (Å²) in [5, 5.41) is 2.32. The molecule has 104 valence electrons. The van der Waals surface area contributed by atoms with E-state index in [2.05, 4.69) is 10.7 Å². The van der Waals surface area contributed by atoms with Crippen molar-refractivity contribution in [1.29, 1.82) is 0 Å². The fourth-order valence-electron chi connectivity index (χ4n) is 1.63. The highest BCUT2D eigenvalue weighted by Gasteiger charge is 2.15. The van der Waals surface area contributed by atoms with E-state index < -0.39 is 23.4 Å². The van der Waals surface area contributed by atoms with E-state index in [-0.39, 0.29) is 16.9 Å². The number of amides is 1. The summed E-state index contributed by atoms with van der Waals surface area (Å²) in [7, 11) is 0. The van der Waals surface area contributed by atoms with E-state index in [0.717, 1.165) is 18.2 Å². The Morgan fingerprint density at radius 2 is 1.75 bits per heavy atom. The first-order valence-electron chi connectivity index (χ1n) is 5.54. The molecule has 0 saturated heterocycles. The Balaban J connectivity index is 2.28. The van der Waals surface area contributed by atoms with Crippen molar-refractivity contribution in [2.75, 3.05) is 10.7 Å². The topological polar surface area (TPSA) is 67.1 Å². The smallest absolute Gasteiger partial charge is 0.257 e. The summed E-state index contributed by atoms with van der Waals surface area (Å²) in [6.07, 6.45) is 0. The maximum Gasteiger partial charge on any atom is 0.257 e. The van der Waals surface area contributed by atoms with Crippen molar-refractivity contribution in [3.8, 4) is 0 Å². The van der Waals surface area contributed by atoms with Crippen molar-refractivity contribution >= 4 is 17.3 Å². The quantitative estimate of drug-likeness (QED) is 0.598. The number of carbonyl (C=O) groups excluding carboxylic acids is 1. The number of para-hydroxylation sites is 1. The summed E-state index contributed by atoms with van der Waals surface area (Å²) in [5.41, 5.74) is 1.88. The largest absolute Gasteiger partial charge is 0.322 e. The molecule has 0 aliphatic heterocycles. The molecule has 0 spiro atoms. The highest BCUT2D eigenvalue weighted by Crippen LogP contribution is 2.21. The van der Waals surface area contributed by atoms with Gasteiger partial charge in [0.25, 0.3) is 5.91 Å². The van der Waals surface area contributed by atoms with E-state index in [0.29, 0.717) is 0 Å². The standard InChI is InChI=1S/C13H10F3N3O/c14-9-5-4-7(6-11(9)16)18-13(20)8-2-1-3-10(15)12(8)19-17/h1-6,19H,17H2,(H,18,20). The van der Waals surface area contributed by atoms with Crippen molar-refractivity contribution < 1.29 is 18.0 Å². The van der Waals surface area contributed by atoms with Crippen LogP contribution in [0, 0.1) is 17.5 Å². The van der Waals surface area contributed by atoms with Gasteiger partial charge in [-0.1, -0.05) is 6.07 Å². The maximum atomic E-state index is 13.4. The number of benzene rings is 2. The van der Waals surface area contributed by atoms with Crippen LogP contribution < -0.4 is 16.6 Å². The predicted octanol–water partition coefficient (Wildman–Crippen LogP) is 2.64. The number of nitrogens with one attached hydrogen (secondary N) is 2. The molecule has 0 radical (unpaired) electrons. The molecular formula is C13H10F3N3O. The zero-order chi connectivity index (χ0) is 14.7. The van der Waals surface area contributed by atoms with Gasteiger partial charge in [-0.05, 0) is 24.3 Å². The monoisotopic (exact) mass is 281 g/mol. The maximum absolute atomic E-state index is 13.4. The lowest BCUT2D eigenvalue weighted by Crippen LogP contribution is -2.18. The number of hydrazine groups is 1. The molecule has 2 aromatic rings. The molecule has 2 rings (SSSR count). The summed E-state index contributed by atoms with van der Waals surface area (Å²) < 4.78 is 39.2. The van der Waals surface area contributed by atoms with Crippen LogP contribution in [0.15, 0.2) is 36.4 Å². The average Bonchev–Trinajstić information content (AvgIpc) is 2.42. The van der Waals surface area contributed by atoms with E-state index in [4.69, 9.17) is 5.84 Å². The number of hydrogen-bond acceptors (Lipinski definition) is 3. The first-order valence-corrected chi connectivity index (χ1v) is 5.54. The average molecular weight is 281 g/mol. The molecule has 0 aliphatic carbocycles. The van der Waals surface area contributed by atoms with Gasteiger partial charge in [-0.15, -0.1) is 0 Å². The molecule has 0 saturated carbocycles. The molecule has 20 heavy (non-hydrogen) atoms. The molecule has 0 unspecified atom stereocenters. The molecule has 0 aromatic heterocycles. The Morgan fingerprint density at radius 1 is 1.00 bits per heavy atom. The first kappa shape index (κ1) is 13.9. The van der Waals surface area contributed by atoms with E-state index in [9.17, 15) is 18.0 Å². The Morgan fingerprint density at radius 3 is 2.40 bits per heavy atom. The van der Waals surface area contributed by atoms with Gasteiger partial charge in [-0.3, -0.25) is 10.6 Å². The summed E-state index contributed by atoms with van der Waals surface area (Å²) in [6, 6.07) is 6.68. The van der Waals surface area contributed by atoms with Crippen LogP contribution >= 0.6 is 0 Å². The molecular weight excluding hydrogens is 271 g/mol. The number of nitrogens with two attached hydrogens (primary N) is 1. The molecule has 0 aliphatic rings. The molecule has 2 aromatic carbocycles. The predicted molar refractivity (Wildman–Crippen MR) is 68.5 cm³/mol. The van der Waals surface area contributed by atoms with Crippen molar-refractivity contribution in [2.24, 2.45) is 5.84 Å². The first-order chi connectivity index (χ1) is 9.52. The molecule has 4 nitrogen and oxygen atoms in total. The lowest BCUT2D eigenvalue weighted by molar-refractivity contribution is 0.102. The number of anilines is 2. The van der Waals surface area contributed by atoms with Gasteiger partial charge in [0.1, 0.15) is 5.82 Å². The third-order valence-corrected chi connectivity index (χ3v) is 2.58. The SMILES string of the molecule is NNc1c(F)cccc1C(=O)Nc1ccc(F)c(F)c1.